The van der Waals surface area contributed by atoms with Gasteiger partial charge >= 0.3 is 5.97 Å². The molecule has 3 aliphatic heterocycles. The molecule has 2 saturated carbocycles. The molecule has 0 aromatic rings. The van der Waals surface area contributed by atoms with Crippen LogP contribution in [0.2, 0.25) is 0 Å². The molecule has 70 heavy (non-hydrogen) atoms. The lowest BCUT2D eigenvalue weighted by molar-refractivity contribution is -0.266. The number of hydrogen-bond donors (Lipinski definition) is 3. The van der Waals surface area contributed by atoms with Crippen molar-refractivity contribution in [3.63, 3.8) is 0 Å². The van der Waals surface area contributed by atoms with Gasteiger partial charge in [-0.1, -0.05) is 71.1 Å². The lowest BCUT2D eigenvalue weighted by Crippen LogP contribution is -2.61. The van der Waals surface area contributed by atoms with Gasteiger partial charge in [0.05, 0.1) is 43.7 Å². The smallest absolute Gasteiger partial charge is 0.329 e. The van der Waals surface area contributed by atoms with Crippen LogP contribution in [0, 0.1) is 35.5 Å². The van der Waals surface area contributed by atoms with Gasteiger partial charge in [0.1, 0.15) is 30.1 Å². The highest BCUT2D eigenvalue weighted by Gasteiger charge is 2.53. The van der Waals surface area contributed by atoms with Crippen molar-refractivity contribution in [1.29, 1.82) is 0 Å². The average Bonchev–Trinajstić information content (AvgIpc) is 4.17. The monoisotopic (exact) mass is 984 g/mol. The van der Waals surface area contributed by atoms with Crippen molar-refractivity contribution in [2.24, 2.45) is 35.5 Å². The number of cyclic esters (lactones) is 1. The molecule has 15 atom stereocenters. The van der Waals surface area contributed by atoms with Crippen LogP contribution >= 0.6 is 0 Å². The maximum atomic E-state index is 14.5. The van der Waals surface area contributed by atoms with Crippen LogP contribution in [0.25, 0.3) is 0 Å². The lowest BCUT2D eigenvalue weighted by atomic mass is 9.78. The summed E-state index contributed by atoms with van der Waals surface area (Å²) in [6, 6.07) is -1.14. The molecule has 2 aliphatic carbocycles. The predicted octanol–water partition coefficient (Wildman–Crippen LogP) is 6.73. The minimum Gasteiger partial charge on any atom is -0.460 e. The fourth-order valence-electron chi connectivity index (χ4n) is 10.8. The van der Waals surface area contributed by atoms with Crippen molar-refractivity contribution < 1.29 is 67.7 Å². The van der Waals surface area contributed by atoms with Crippen LogP contribution in [0.5, 0.6) is 0 Å². The number of piperidine rings is 1. The maximum Gasteiger partial charge on any atom is 0.329 e. The van der Waals surface area contributed by atoms with Crippen LogP contribution in [0.4, 0.5) is 0 Å². The standard InChI is InChI=1S/C55H85NO14/c1-33-15-11-10-12-16-34(2)46(68-41-21-22-41)31-42-20-18-39(7)55(64,70-42)52(61)53(62)56-24-14-13-17-43(56)54(63)69-47(36(4)29-40-19-23-45(67-26-25-57)48(30-40)65-8)32-44(58)35(3)28-38(6)50(60)51(66-9)49(59)37(5)27-33/h10-12,15-16,28,33,35-37,39-43,45-48,50-51,57,60,64H,13-14,17-27,29-32H2,1-9H3/b12-10+,15-11+,34-16+,38-28+/t33-,35-,36?,37-,39-,40+,42+,43+,45-,46+,47+,48-,50-,51+,55-/m1/s1. The van der Waals surface area contributed by atoms with E-state index in [1.54, 1.807) is 34.0 Å². The zero-order valence-corrected chi connectivity index (χ0v) is 43.4. The summed E-state index contributed by atoms with van der Waals surface area (Å²) in [6.07, 6.45) is 14.3. The number of aliphatic hydroxyl groups is 3. The summed E-state index contributed by atoms with van der Waals surface area (Å²) in [5, 5.41) is 33.0. The molecule has 1 unspecified atom stereocenters. The van der Waals surface area contributed by atoms with E-state index in [9.17, 15) is 39.3 Å². The Bertz CT molecular complexity index is 1890. The number of ether oxygens (including phenoxy) is 6. The number of Topliss-reactive ketones (excluding diaryl/α,β-unsaturated/α-hetero) is 3. The summed E-state index contributed by atoms with van der Waals surface area (Å²) >= 11 is 0. The molecule has 15 nitrogen and oxygen atoms in total. The molecular formula is C55H85NO14. The number of fused-ring (bicyclic) bond motifs is 3. The number of rotatable bonds is 10. The van der Waals surface area contributed by atoms with Crippen LogP contribution in [0.3, 0.4) is 0 Å². The Morgan fingerprint density at radius 2 is 1.60 bits per heavy atom. The van der Waals surface area contributed by atoms with Gasteiger partial charge < -0.3 is 48.6 Å². The van der Waals surface area contributed by atoms with Crippen molar-refractivity contribution in [2.45, 2.75) is 199 Å². The first-order valence-corrected chi connectivity index (χ1v) is 26.2. The van der Waals surface area contributed by atoms with Crippen molar-refractivity contribution in [3.8, 4) is 0 Å². The van der Waals surface area contributed by atoms with Crippen LogP contribution < -0.4 is 0 Å². The number of amides is 1. The number of nitrogens with zero attached hydrogens (tertiary/aromatic N) is 1. The molecule has 3 heterocycles. The van der Waals surface area contributed by atoms with Gasteiger partial charge in [0.25, 0.3) is 11.7 Å². The van der Waals surface area contributed by atoms with Crippen LogP contribution in [0.1, 0.15) is 138 Å². The molecule has 1 amide bonds. The number of carbonyl (C=O) groups is 5. The van der Waals surface area contributed by atoms with E-state index in [0.717, 1.165) is 24.8 Å². The summed E-state index contributed by atoms with van der Waals surface area (Å²) in [5.41, 5.74) is 1.32. The van der Waals surface area contributed by atoms with E-state index in [4.69, 9.17) is 28.4 Å². The SMILES string of the molecule is CO[C@@H]1C[C@H](CC(C)[C@@H]2CC(=O)[C@H](C)/C=C(\C)[C@@H](O)[C@@H](OC)C(=O)[C@H](C)C[C@H](C)/C=C/C=C/C=C(\C)[C@@H](OC3CC3)C[C@@H]3CC[C@@H](C)[C@@](O)(O3)C(=O)C(=O)N3CCCC[C@H]3C(=O)O2)CC[C@H]1OCCO. The van der Waals surface area contributed by atoms with Crippen molar-refractivity contribution in [1.82, 2.24) is 4.90 Å². The van der Waals surface area contributed by atoms with E-state index in [1.807, 2.05) is 58.1 Å². The molecular weight excluding hydrogens is 899 g/mol. The van der Waals surface area contributed by atoms with Crippen molar-refractivity contribution in [2.75, 3.05) is 34.0 Å². The van der Waals surface area contributed by atoms with Gasteiger partial charge in [-0.15, -0.1) is 0 Å². The van der Waals surface area contributed by atoms with Gasteiger partial charge in [-0.25, -0.2) is 4.79 Å². The molecule has 0 spiro atoms. The lowest BCUT2D eigenvalue weighted by Gasteiger charge is -2.43. The zero-order chi connectivity index (χ0) is 51.3. The van der Waals surface area contributed by atoms with E-state index in [1.165, 1.54) is 12.0 Å². The number of esters is 1. The highest BCUT2D eigenvalue weighted by molar-refractivity contribution is 6.39. The first-order chi connectivity index (χ1) is 33.3. The van der Waals surface area contributed by atoms with Gasteiger partial charge in [0.2, 0.25) is 5.79 Å². The normalized spacial score (nSPS) is 39.5. The highest BCUT2D eigenvalue weighted by Crippen LogP contribution is 2.39. The second-order valence-corrected chi connectivity index (χ2v) is 21.3. The van der Waals surface area contributed by atoms with Gasteiger partial charge in [-0.2, -0.15) is 0 Å². The average molecular weight is 984 g/mol. The fourth-order valence-corrected chi connectivity index (χ4v) is 10.8. The Balaban J connectivity index is 1.46. The second-order valence-electron chi connectivity index (χ2n) is 21.3. The summed E-state index contributed by atoms with van der Waals surface area (Å²) in [7, 11) is 3.02. The molecule has 3 N–H and O–H groups in total. The summed E-state index contributed by atoms with van der Waals surface area (Å²) in [4.78, 5) is 72.5. The highest BCUT2D eigenvalue weighted by atomic mass is 16.6. The summed E-state index contributed by atoms with van der Waals surface area (Å²) in [5.74, 6) is -7.90. The van der Waals surface area contributed by atoms with Gasteiger partial charge in [0, 0.05) is 51.4 Å². The largest absolute Gasteiger partial charge is 0.460 e. The quantitative estimate of drug-likeness (QED) is 0.118. The molecule has 0 aromatic heterocycles. The molecule has 5 aliphatic rings. The minimum absolute atomic E-state index is 0.0197. The van der Waals surface area contributed by atoms with Crippen molar-refractivity contribution in [3.05, 3.63) is 47.6 Å². The Labute approximate surface area is 416 Å². The molecule has 394 valence electrons. The number of carbonyl (C=O) groups excluding carboxylic acids is 5. The van der Waals surface area contributed by atoms with E-state index in [0.29, 0.717) is 63.4 Å². The Morgan fingerprint density at radius 3 is 2.29 bits per heavy atom. The third kappa shape index (κ3) is 15.6. The number of aliphatic hydroxyl groups excluding tert-OH is 2. The first kappa shape index (κ1) is 57.5. The van der Waals surface area contributed by atoms with E-state index in [-0.39, 0.29) is 86.3 Å². The van der Waals surface area contributed by atoms with Gasteiger partial charge in [0.15, 0.2) is 5.78 Å². The maximum absolute atomic E-state index is 14.5. The third-order valence-corrected chi connectivity index (χ3v) is 15.5. The molecule has 4 fully saturated rings. The Hall–Kier alpha value is -3.41. The molecule has 0 aromatic carbocycles. The first-order valence-electron chi connectivity index (χ1n) is 26.2. The molecule has 5 rings (SSSR count). The predicted molar refractivity (Wildman–Crippen MR) is 263 cm³/mol. The second kappa shape index (κ2) is 27.0. The number of ketones is 3. The van der Waals surface area contributed by atoms with Crippen molar-refractivity contribution >= 4 is 29.2 Å². The Morgan fingerprint density at radius 1 is 0.857 bits per heavy atom. The van der Waals surface area contributed by atoms with E-state index < -0.39 is 71.7 Å². The molecule has 2 bridgehead atoms. The summed E-state index contributed by atoms with van der Waals surface area (Å²) in [6.45, 7) is 13.0. The number of hydrogen-bond acceptors (Lipinski definition) is 14. The molecule has 2 saturated heterocycles. The number of allylic oxidation sites excluding steroid dienone is 6. The fraction of sp³-hybridized carbons (Fsp3) is 0.764. The van der Waals surface area contributed by atoms with E-state index in [2.05, 4.69) is 0 Å². The number of methoxy groups -OCH3 is 2. The third-order valence-electron chi connectivity index (χ3n) is 15.5. The van der Waals surface area contributed by atoms with Gasteiger partial charge in [-0.3, -0.25) is 19.2 Å². The zero-order valence-electron chi connectivity index (χ0n) is 43.4. The molecule has 15 heteroatoms. The topological polar surface area (TPSA) is 205 Å². The Kier molecular flexibility index (Phi) is 22.2. The van der Waals surface area contributed by atoms with Crippen LogP contribution in [0.15, 0.2) is 47.6 Å². The molecule has 0 radical (unpaired) electrons. The summed E-state index contributed by atoms with van der Waals surface area (Å²) < 4.78 is 36.3. The minimum atomic E-state index is -2.43. The van der Waals surface area contributed by atoms with Crippen LogP contribution in [-0.2, 0) is 52.4 Å². The van der Waals surface area contributed by atoms with Crippen LogP contribution in [-0.4, -0.2) is 144 Å². The van der Waals surface area contributed by atoms with Gasteiger partial charge in [-0.05, 0) is 120 Å². The van der Waals surface area contributed by atoms with E-state index >= 15 is 0 Å².